The summed E-state index contributed by atoms with van der Waals surface area (Å²) in [6.07, 6.45) is 0. The minimum atomic E-state index is -0.924. The van der Waals surface area contributed by atoms with E-state index in [0.29, 0.717) is 17.1 Å². The molecule has 10 heteroatoms. The molecule has 34 heavy (non-hydrogen) atoms. The number of aliphatic hydroxyl groups is 1. The molecular weight excluding hydrogens is 466 g/mol. The van der Waals surface area contributed by atoms with Gasteiger partial charge in [-0.05, 0) is 23.8 Å². The molecular formula is C24H24ClNO8. The molecule has 180 valence electrons. The van der Waals surface area contributed by atoms with Gasteiger partial charge in [-0.2, -0.15) is 0 Å². The number of hydrogen-bond acceptors (Lipinski definition) is 8. The Hall–Kier alpha value is -3.56. The third-order valence-corrected chi connectivity index (χ3v) is 5.56. The Kier molecular flexibility index (Phi) is 7.80. The highest BCUT2D eigenvalue weighted by Crippen LogP contribution is 2.43. The van der Waals surface area contributed by atoms with Crippen LogP contribution in [0.1, 0.15) is 24.1 Å². The molecule has 0 saturated carbocycles. The molecule has 1 saturated heterocycles. The molecule has 3 rings (SSSR count). The summed E-state index contributed by atoms with van der Waals surface area (Å²) in [6, 6.07) is 8.25. The van der Waals surface area contributed by atoms with Crippen molar-refractivity contribution >= 4 is 35.0 Å². The van der Waals surface area contributed by atoms with Crippen molar-refractivity contribution in [2.45, 2.75) is 13.0 Å². The number of amides is 1. The summed E-state index contributed by atoms with van der Waals surface area (Å²) in [7, 11) is 4.30. The number of rotatable bonds is 8. The molecule has 1 atom stereocenters. The molecule has 2 aromatic rings. The van der Waals surface area contributed by atoms with Gasteiger partial charge in [0.15, 0.2) is 0 Å². The van der Waals surface area contributed by atoms with Crippen LogP contribution < -0.4 is 14.2 Å². The van der Waals surface area contributed by atoms with E-state index in [0.717, 1.165) is 0 Å². The second-order valence-corrected chi connectivity index (χ2v) is 7.74. The maximum atomic E-state index is 13.1. The monoisotopic (exact) mass is 489 g/mol. The van der Waals surface area contributed by atoms with Crippen molar-refractivity contribution in [3.05, 3.63) is 58.1 Å². The van der Waals surface area contributed by atoms with Gasteiger partial charge in [-0.3, -0.25) is 14.4 Å². The van der Waals surface area contributed by atoms with Gasteiger partial charge in [-0.1, -0.05) is 23.7 Å². The Bertz CT molecular complexity index is 1140. The number of carbonyl (C=O) groups is 3. The minimum absolute atomic E-state index is 0.106. The molecule has 1 heterocycles. The molecule has 1 N–H and O–H groups in total. The van der Waals surface area contributed by atoms with E-state index in [-0.39, 0.29) is 35.1 Å². The van der Waals surface area contributed by atoms with E-state index >= 15 is 0 Å². The molecule has 1 unspecified atom stereocenters. The summed E-state index contributed by atoms with van der Waals surface area (Å²) in [5, 5.41) is 11.4. The molecule has 0 bridgehead atoms. The van der Waals surface area contributed by atoms with Gasteiger partial charge in [0.1, 0.15) is 23.0 Å². The zero-order valence-electron chi connectivity index (χ0n) is 19.1. The Labute approximate surface area is 201 Å². The Morgan fingerprint density at radius 1 is 1.06 bits per heavy atom. The molecule has 2 aromatic carbocycles. The third-order valence-electron chi connectivity index (χ3n) is 5.26. The predicted molar refractivity (Wildman–Crippen MR) is 123 cm³/mol. The van der Waals surface area contributed by atoms with Crippen molar-refractivity contribution < 1.29 is 38.4 Å². The summed E-state index contributed by atoms with van der Waals surface area (Å²) in [6.45, 7) is 1.56. The van der Waals surface area contributed by atoms with Gasteiger partial charge in [0.05, 0.1) is 43.0 Å². The first-order valence-electron chi connectivity index (χ1n) is 10.2. The zero-order chi connectivity index (χ0) is 25.0. The second-order valence-electron chi connectivity index (χ2n) is 7.34. The fourth-order valence-corrected chi connectivity index (χ4v) is 3.96. The number of likely N-dealkylation sites (tertiary alicyclic amines) is 1. The van der Waals surface area contributed by atoms with Gasteiger partial charge in [-0.15, -0.1) is 0 Å². The van der Waals surface area contributed by atoms with Crippen molar-refractivity contribution in [1.29, 1.82) is 0 Å². The topological polar surface area (TPSA) is 112 Å². The highest BCUT2D eigenvalue weighted by molar-refractivity contribution is 6.46. The summed E-state index contributed by atoms with van der Waals surface area (Å²) in [5.41, 5.74) is 0.506. The molecule has 0 aliphatic carbocycles. The van der Waals surface area contributed by atoms with E-state index in [1.54, 1.807) is 12.1 Å². The van der Waals surface area contributed by atoms with Crippen molar-refractivity contribution in [2.75, 3.05) is 34.5 Å². The van der Waals surface area contributed by atoms with Crippen LogP contribution in [0, 0.1) is 0 Å². The van der Waals surface area contributed by atoms with Crippen molar-refractivity contribution in [2.24, 2.45) is 0 Å². The molecule has 1 aliphatic heterocycles. The van der Waals surface area contributed by atoms with E-state index in [1.807, 2.05) is 0 Å². The average Bonchev–Trinajstić information content (AvgIpc) is 3.07. The number of halogens is 1. The summed E-state index contributed by atoms with van der Waals surface area (Å²) < 4.78 is 20.7. The number of hydrogen-bond donors (Lipinski definition) is 1. The van der Waals surface area contributed by atoms with E-state index in [9.17, 15) is 19.5 Å². The van der Waals surface area contributed by atoms with Crippen LogP contribution in [0.5, 0.6) is 17.2 Å². The van der Waals surface area contributed by atoms with Crippen molar-refractivity contribution in [3.8, 4) is 17.2 Å². The highest BCUT2D eigenvalue weighted by Gasteiger charge is 2.46. The van der Waals surface area contributed by atoms with E-state index < -0.39 is 29.5 Å². The summed E-state index contributed by atoms with van der Waals surface area (Å²) in [5.74, 6) is -1.77. The standard InChI is InChI=1S/C24H24ClNO8/c1-13(27)34-15-7-5-14(6-8-15)21-20(23(29)24(30)26(21)9-10-31-2)22(28)16-11-17(25)19(33-4)12-18(16)32-3/h5-8,11-12,21,28H,9-10H2,1-4H3/b22-20+. The number of Topliss-reactive ketones (excluding diaryl/α,β-unsaturated/α-hetero) is 1. The van der Waals surface area contributed by atoms with Gasteiger partial charge in [0.25, 0.3) is 11.7 Å². The number of aliphatic hydroxyl groups excluding tert-OH is 1. The average molecular weight is 490 g/mol. The van der Waals surface area contributed by atoms with Gasteiger partial charge in [-0.25, -0.2) is 0 Å². The van der Waals surface area contributed by atoms with Crippen LogP contribution in [0.2, 0.25) is 5.02 Å². The van der Waals surface area contributed by atoms with Gasteiger partial charge in [0.2, 0.25) is 0 Å². The first-order chi connectivity index (χ1) is 16.2. The smallest absolute Gasteiger partial charge is 0.308 e. The molecule has 0 spiro atoms. The van der Waals surface area contributed by atoms with Crippen LogP contribution in [-0.4, -0.2) is 62.1 Å². The van der Waals surface area contributed by atoms with Crippen LogP contribution in [0.25, 0.3) is 5.76 Å². The third kappa shape index (κ3) is 4.85. The van der Waals surface area contributed by atoms with Crippen molar-refractivity contribution in [1.82, 2.24) is 4.90 Å². The lowest BCUT2D eigenvalue weighted by Gasteiger charge is -2.25. The highest BCUT2D eigenvalue weighted by atomic mass is 35.5. The lowest BCUT2D eigenvalue weighted by Crippen LogP contribution is -2.32. The maximum Gasteiger partial charge on any atom is 0.308 e. The largest absolute Gasteiger partial charge is 0.507 e. The summed E-state index contributed by atoms with van der Waals surface area (Å²) >= 11 is 6.25. The Morgan fingerprint density at radius 2 is 1.71 bits per heavy atom. The van der Waals surface area contributed by atoms with E-state index in [1.165, 1.54) is 57.4 Å². The number of carbonyl (C=O) groups excluding carboxylic acids is 3. The quantitative estimate of drug-likeness (QED) is 0.197. The first kappa shape index (κ1) is 25.1. The second kappa shape index (κ2) is 10.6. The fourth-order valence-electron chi connectivity index (χ4n) is 3.72. The van der Waals surface area contributed by atoms with E-state index in [4.69, 9.17) is 30.5 Å². The van der Waals surface area contributed by atoms with Crippen LogP contribution in [0.4, 0.5) is 0 Å². The Balaban J connectivity index is 2.19. The van der Waals surface area contributed by atoms with E-state index in [2.05, 4.69) is 0 Å². The molecule has 9 nitrogen and oxygen atoms in total. The van der Waals surface area contributed by atoms with Crippen molar-refractivity contribution in [3.63, 3.8) is 0 Å². The lowest BCUT2D eigenvalue weighted by molar-refractivity contribution is -0.140. The minimum Gasteiger partial charge on any atom is -0.507 e. The number of ether oxygens (including phenoxy) is 4. The Morgan fingerprint density at radius 3 is 2.26 bits per heavy atom. The zero-order valence-corrected chi connectivity index (χ0v) is 19.8. The van der Waals surface area contributed by atoms with Crippen LogP contribution >= 0.6 is 11.6 Å². The number of ketones is 1. The normalized spacial score (nSPS) is 17.1. The maximum absolute atomic E-state index is 13.1. The number of esters is 1. The molecule has 1 aliphatic rings. The predicted octanol–water partition coefficient (Wildman–Crippen LogP) is 3.35. The molecule has 0 radical (unpaired) electrons. The van der Waals surface area contributed by atoms with Crippen LogP contribution in [0.3, 0.4) is 0 Å². The SMILES string of the molecule is COCCN1C(=O)C(=O)/C(=C(/O)c2cc(Cl)c(OC)cc2OC)C1c1ccc(OC(C)=O)cc1. The van der Waals surface area contributed by atoms with Gasteiger partial charge >= 0.3 is 5.97 Å². The summed E-state index contributed by atoms with van der Waals surface area (Å²) in [4.78, 5) is 38.5. The van der Waals surface area contributed by atoms with Gasteiger partial charge < -0.3 is 29.0 Å². The first-order valence-corrected chi connectivity index (χ1v) is 10.6. The molecule has 0 aromatic heterocycles. The van der Waals surface area contributed by atoms with Crippen LogP contribution in [-0.2, 0) is 19.1 Å². The van der Waals surface area contributed by atoms with Gasteiger partial charge in [0, 0.05) is 26.6 Å². The fraction of sp³-hybridized carbons (Fsp3) is 0.292. The molecule has 1 fully saturated rings. The number of benzene rings is 2. The lowest BCUT2D eigenvalue weighted by atomic mass is 9.95. The molecule has 1 amide bonds. The van der Waals surface area contributed by atoms with Crippen LogP contribution in [0.15, 0.2) is 42.0 Å². The number of nitrogens with zero attached hydrogens (tertiary/aromatic N) is 1. The number of methoxy groups -OCH3 is 3.